The van der Waals surface area contributed by atoms with E-state index in [-0.39, 0.29) is 0 Å². The van der Waals surface area contributed by atoms with Crippen LogP contribution in [0.1, 0.15) is 71.6 Å². The molecule has 2 aliphatic rings. The summed E-state index contributed by atoms with van der Waals surface area (Å²) in [5.41, 5.74) is 0. The van der Waals surface area contributed by atoms with Gasteiger partial charge in [-0.15, -0.1) is 0 Å². The monoisotopic (exact) mass is 297 g/mol. The van der Waals surface area contributed by atoms with Crippen molar-refractivity contribution in [2.75, 3.05) is 18.1 Å². The van der Waals surface area contributed by atoms with Gasteiger partial charge in [0.15, 0.2) is 0 Å². The Labute approximate surface area is 131 Å². The van der Waals surface area contributed by atoms with Crippen molar-refractivity contribution in [1.29, 1.82) is 0 Å². The average Bonchev–Trinajstić information content (AvgIpc) is 2.52. The molecule has 20 heavy (non-hydrogen) atoms. The van der Waals surface area contributed by atoms with Crippen LogP contribution < -0.4 is 5.32 Å². The Morgan fingerprint density at radius 3 is 2.25 bits per heavy atom. The number of thioether (sulfide) groups is 1. The maximum Gasteiger partial charge on any atom is 0.00979 e. The number of nitrogens with one attached hydrogen (secondary N) is 1. The molecular formula is C18H35NS. The standard InChI is InChI=1S/C18H35NS/c1-3-11-19-18(14-16-9-12-20-13-10-16)17-7-5-15(4-2)6-8-17/h15-19H,3-14H2,1-2H3. The van der Waals surface area contributed by atoms with E-state index in [1.54, 1.807) is 0 Å². The quantitative estimate of drug-likeness (QED) is 0.701. The normalized spacial score (nSPS) is 30.3. The molecule has 1 aliphatic carbocycles. The van der Waals surface area contributed by atoms with Crippen LogP contribution in [0.25, 0.3) is 0 Å². The largest absolute Gasteiger partial charge is 0.314 e. The SMILES string of the molecule is CCCNC(CC1CCSCC1)C1CCC(CC)CC1. The first kappa shape index (κ1) is 16.7. The second-order valence-electron chi connectivity index (χ2n) is 7.04. The summed E-state index contributed by atoms with van der Waals surface area (Å²) in [7, 11) is 0. The molecule has 118 valence electrons. The van der Waals surface area contributed by atoms with Gasteiger partial charge in [-0.25, -0.2) is 0 Å². The van der Waals surface area contributed by atoms with Crippen molar-refractivity contribution in [3.8, 4) is 0 Å². The highest BCUT2D eigenvalue weighted by molar-refractivity contribution is 7.99. The molecule has 2 rings (SSSR count). The second-order valence-corrected chi connectivity index (χ2v) is 8.27. The van der Waals surface area contributed by atoms with Crippen molar-refractivity contribution in [3.05, 3.63) is 0 Å². The van der Waals surface area contributed by atoms with Crippen molar-refractivity contribution in [1.82, 2.24) is 5.32 Å². The lowest BCUT2D eigenvalue weighted by molar-refractivity contribution is 0.193. The Bertz CT molecular complexity index is 242. The van der Waals surface area contributed by atoms with Crippen LogP contribution in [0.15, 0.2) is 0 Å². The Morgan fingerprint density at radius 2 is 1.65 bits per heavy atom. The summed E-state index contributed by atoms with van der Waals surface area (Å²) in [5.74, 6) is 5.83. The van der Waals surface area contributed by atoms with Crippen LogP contribution in [0.3, 0.4) is 0 Å². The first-order valence-corrected chi connectivity index (χ1v) is 10.3. The average molecular weight is 298 g/mol. The fourth-order valence-electron chi connectivity index (χ4n) is 4.11. The highest BCUT2D eigenvalue weighted by Gasteiger charge is 2.29. The summed E-state index contributed by atoms with van der Waals surface area (Å²) < 4.78 is 0. The number of hydrogen-bond acceptors (Lipinski definition) is 2. The zero-order chi connectivity index (χ0) is 14.2. The molecule has 1 unspecified atom stereocenters. The molecule has 1 aliphatic heterocycles. The van der Waals surface area contributed by atoms with E-state index >= 15 is 0 Å². The van der Waals surface area contributed by atoms with Gasteiger partial charge in [0.25, 0.3) is 0 Å². The van der Waals surface area contributed by atoms with Gasteiger partial charge in [0, 0.05) is 6.04 Å². The summed E-state index contributed by atoms with van der Waals surface area (Å²) in [5, 5.41) is 3.91. The van der Waals surface area contributed by atoms with E-state index in [1.165, 1.54) is 75.8 Å². The van der Waals surface area contributed by atoms with Gasteiger partial charge in [-0.05, 0) is 74.3 Å². The summed E-state index contributed by atoms with van der Waals surface area (Å²) >= 11 is 2.16. The first-order valence-electron chi connectivity index (χ1n) is 9.14. The third-order valence-electron chi connectivity index (χ3n) is 5.62. The van der Waals surface area contributed by atoms with Gasteiger partial charge in [-0.2, -0.15) is 11.8 Å². The molecule has 1 saturated carbocycles. The van der Waals surface area contributed by atoms with Crippen LogP contribution in [-0.2, 0) is 0 Å². The number of hydrogen-bond donors (Lipinski definition) is 1. The summed E-state index contributed by atoms with van der Waals surface area (Å²) in [6, 6.07) is 0.820. The zero-order valence-electron chi connectivity index (χ0n) is 13.7. The van der Waals surface area contributed by atoms with Crippen molar-refractivity contribution in [3.63, 3.8) is 0 Å². The van der Waals surface area contributed by atoms with Gasteiger partial charge in [-0.3, -0.25) is 0 Å². The van der Waals surface area contributed by atoms with E-state index < -0.39 is 0 Å². The van der Waals surface area contributed by atoms with Gasteiger partial charge in [-0.1, -0.05) is 33.1 Å². The lowest BCUT2D eigenvalue weighted by Crippen LogP contribution is -2.40. The van der Waals surface area contributed by atoms with E-state index in [0.29, 0.717) is 0 Å². The molecule has 2 fully saturated rings. The van der Waals surface area contributed by atoms with Crippen LogP contribution >= 0.6 is 11.8 Å². The molecule has 0 bridgehead atoms. The molecule has 1 N–H and O–H groups in total. The fourth-order valence-corrected chi connectivity index (χ4v) is 5.32. The maximum absolute atomic E-state index is 3.91. The third kappa shape index (κ3) is 5.26. The Morgan fingerprint density at radius 1 is 0.950 bits per heavy atom. The van der Waals surface area contributed by atoms with Crippen molar-refractivity contribution >= 4 is 11.8 Å². The summed E-state index contributed by atoms with van der Waals surface area (Å²) in [4.78, 5) is 0. The lowest BCUT2D eigenvalue weighted by Gasteiger charge is -2.36. The highest BCUT2D eigenvalue weighted by Crippen LogP contribution is 2.36. The van der Waals surface area contributed by atoms with E-state index in [2.05, 4.69) is 30.9 Å². The minimum absolute atomic E-state index is 0.820. The van der Waals surface area contributed by atoms with E-state index in [0.717, 1.165) is 23.8 Å². The van der Waals surface area contributed by atoms with Gasteiger partial charge in [0.2, 0.25) is 0 Å². The van der Waals surface area contributed by atoms with Crippen LogP contribution in [-0.4, -0.2) is 24.1 Å². The minimum Gasteiger partial charge on any atom is -0.314 e. The first-order chi connectivity index (χ1) is 9.83. The predicted molar refractivity (Wildman–Crippen MR) is 92.5 cm³/mol. The van der Waals surface area contributed by atoms with Crippen LogP contribution in [0.2, 0.25) is 0 Å². The van der Waals surface area contributed by atoms with Gasteiger partial charge in [0.1, 0.15) is 0 Å². The van der Waals surface area contributed by atoms with Gasteiger partial charge >= 0.3 is 0 Å². The van der Waals surface area contributed by atoms with Crippen molar-refractivity contribution in [2.24, 2.45) is 17.8 Å². The number of rotatable bonds is 7. The molecule has 1 nitrogen and oxygen atoms in total. The molecule has 0 amide bonds. The Hall–Kier alpha value is 0.310. The zero-order valence-corrected chi connectivity index (χ0v) is 14.5. The van der Waals surface area contributed by atoms with E-state index in [1.807, 2.05) is 0 Å². The lowest BCUT2D eigenvalue weighted by atomic mass is 9.75. The van der Waals surface area contributed by atoms with Crippen LogP contribution in [0, 0.1) is 17.8 Å². The molecule has 2 heteroatoms. The Balaban J connectivity index is 1.82. The fraction of sp³-hybridized carbons (Fsp3) is 1.00. The maximum atomic E-state index is 3.91. The third-order valence-corrected chi connectivity index (χ3v) is 6.67. The summed E-state index contributed by atoms with van der Waals surface area (Å²) in [6.07, 6.45) is 13.0. The van der Waals surface area contributed by atoms with Gasteiger partial charge in [0.05, 0.1) is 0 Å². The van der Waals surface area contributed by atoms with Crippen LogP contribution in [0.5, 0.6) is 0 Å². The molecule has 1 saturated heterocycles. The smallest absolute Gasteiger partial charge is 0.00979 e. The van der Waals surface area contributed by atoms with E-state index in [4.69, 9.17) is 0 Å². The second kappa shape index (κ2) is 9.35. The molecule has 0 aromatic carbocycles. The molecule has 1 heterocycles. The van der Waals surface area contributed by atoms with Gasteiger partial charge < -0.3 is 5.32 Å². The molecule has 0 spiro atoms. The van der Waals surface area contributed by atoms with Crippen LogP contribution in [0.4, 0.5) is 0 Å². The Kier molecular flexibility index (Phi) is 7.80. The molecule has 0 aromatic rings. The predicted octanol–water partition coefficient (Wildman–Crippen LogP) is 5.10. The molecule has 0 aromatic heterocycles. The highest BCUT2D eigenvalue weighted by atomic mass is 32.2. The van der Waals surface area contributed by atoms with E-state index in [9.17, 15) is 0 Å². The molecule has 1 atom stereocenters. The molecule has 0 radical (unpaired) electrons. The van der Waals surface area contributed by atoms with Crippen molar-refractivity contribution < 1.29 is 0 Å². The molecular weight excluding hydrogens is 262 g/mol. The summed E-state index contributed by atoms with van der Waals surface area (Å²) in [6.45, 7) is 5.90. The van der Waals surface area contributed by atoms with Crippen molar-refractivity contribution in [2.45, 2.75) is 77.7 Å². The minimum atomic E-state index is 0.820. The topological polar surface area (TPSA) is 12.0 Å².